The first-order valence-electron chi connectivity index (χ1n) is 20.2. The number of methoxy groups -OCH3 is 1. The number of para-hydroxylation sites is 1. The first-order chi connectivity index (χ1) is 28.5. The number of ether oxygens (including phenoxy) is 5. The Morgan fingerprint density at radius 2 is 1.92 bits per heavy atom. The monoisotopic (exact) mass is 823 g/mol. The van der Waals surface area contributed by atoms with Gasteiger partial charge < -0.3 is 44.2 Å². The molecule has 4 aromatic rings. The molecule has 7 aliphatic rings. The van der Waals surface area contributed by atoms with Crippen LogP contribution < -0.4 is 24.8 Å². The molecule has 0 aliphatic carbocycles. The molecular weight excluding hydrogens is 775 g/mol. The van der Waals surface area contributed by atoms with E-state index in [9.17, 15) is 15.0 Å². The number of hydrogen-bond acceptors (Lipinski definition) is 13. The first kappa shape index (κ1) is 38.3. The molecule has 1 spiro atoms. The Balaban J connectivity index is 1.16. The third-order valence-corrected chi connectivity index (χ3v) is 15.2. The maximum absolute atomic E-state index is 15.2. The number of likely N-dealkylation sites (N-methyl/N-ethyl adjacent to an activating group) is 1. The fourth-order valence-electron chi connectivity index (χ4n) is 11.0. The predicted octanol–water partition coefficient (Wildman–Crippen LogP) is 4.84. The van der Waals surface area contributed by atoms with E-state index in [0.717, 1.165) is 61.1 Å². The lowest BCUT2D eigenvalue weighted by Gasteiger charge is -2.62. The summed E-state index contributed by atoms with van der Waals surface area (Å²) in [5, 5.41) is 32.0. The van der Waals surface area contributed by atoms with Crippen molar-refractivity contribution in [2.45, 2.75) is 80.8 Å². The average Bonchev–Trinajstić information content (AvgIpc) is 3.87. The number of aromatic hydroxyl groups is 1. The van der Waals surface area contributed by atoms with E-state index in [0.29, 0.717) is 30.1 Å². The number of rotatable bonds is 5. The Labute approximate surface area is 346 Å². The highest BCUT2D eigenvalue weighted by Crippen LogP contribution is 2.63. The van der Waals surface area contributed by atoms with Gasteiger partial charge in [0.2, 0.25) is 6.79 Å². The number of amides is 1. The highest BCUT2D eigenvalue weighted by atomic mass is 32.2. The number of aliphatic hydroxyl groups excluding tert-OH is 1. The number of benzene rings is 3. The van der Waals surface area contributed by atoms with Crippen molar-refractivity contribution in [3.8, 4) is 23.0 Å². The van der Waals surface area contributed by atoms with Gasteiger partial charge in [0, 0.05) is 51.7 Å². The van der Waals surface area contributed by atoms with Gasteiger partial charge in [0.15, 0.2) is 28.5 Å². The number of aromatic amines is 1. The normalized spacial score (nSPS) is 29.3. The number of aromatic nitrogens is 1. The molecule has 1 aromatic heterocycles. The second-order valence-corrected chi connectivity index (χ2v) is 17.7. The molecule has 310 valence electrons. The second kappa shape index (κ2) is 14.1. The van der Waals surface area contributed by atoms with Gasteiger partial charge in [0.1, 0.15) is 19.4 Å². The molecule has 7 aliphatic heterocycles. The van der Waals surface area contributed by atoms with Gasteiger partial charge in [-0.05, 0) is 80.1 Å². The topological polar surface area (TPSA) is 167 Å². The molecule has 8 heterocycles. The Morgan fingerprint density at radius 3 is 2.71 bits per heavy atom. The van der Waals surface area contributed by atoms with Crippen LogP contribution in [0.3, 0.4) is 0 Å². The number of aliphatic hydroxyl groups is 1. The fraction of sp³-hybridized carbons (Fsp3) is 0.455. The maximum Gasteiger partial charge on any atom is 0.407 e. The number of fused-ring (bicyclic) bond motifs is 11. The van der Waals surface area contributed by atoms with Crippen LogP contribution in [-0.2, 0) is 32.6 Å². The summed E-state index contributed by atoms with van der Waals surface area (Å²) in [6, 6.07) is 7.96. The van der Waals surface area contributed by atoms with E-state index in [-0.39, 0.29) is 61.4 Å². The van der Waals surface area contributed by atoms with Gasteiger partial charge in [-0.15, -0.1) is 11.8 Å². The number of aryl methyl sites for hydroxylation is 1. The number of esters is 1. The van der Waals surface area contributed by atoms with Crippen molar-refractivity contribution < 1.29 is 43.5 Å². The Kier molecular flexibility index (Phi) is 9.14. The van der Waals surface area contributed by atoms with Crippen molar-refractivity contribution in [2.75, 3.05) is 46.5 Å². The number of thioether (sulfide) groups is 1. The summed E-state index contributed by atoms with van der Waals surface area (Å²) in [4.78, 5) is 35.8. The van der Waals surface area contributed by atoms with E-state index in [1.807, 2.05) is 39.1 Å². The van der Waals surface area contributed by atoms with Crippen LogP contribution in [0.25, 0.3) is 10.9 Å². The van der Waals surface area contributed by atoms with Crippen LogP contribution in [0.5, 0.6) is 23.0 Å². The molecule has 59 heavy (non-hydrogen) atoms. The van der Waals surface area contributed by atoms with Gasteiger partial charge in [-0.25, -0.2) is 9.59 Å². The zero-order chi connectivity index (χ0) is 41.1. The second-order valence-electron chi connectivity index (χ2n) is 16.6. The summed E-state index contributed by atoms with van der Waals surface area (Å²) in [5.74, 6) is 1.57. The lowest BCUT2D eigenvalue weighted by Crippen LogP contribution is -2.70. The molecule has 4 bridgehead atoms. The van der Waals surface area contributed by atoms with E-state index in [2.05, 4.69) is 51.1 Å². The van der Waals surface area contributed by atoms with E-state index < -0.39 is 35.9 Å². The van der Waals surface area contributed by atoms with Crippen molar-refractivity contribution in [3.63, 3.8) is 0 Å². The molecule has 0 saturated carbocycles. The summed E-state index contributed by atoms with van der Waals surface area (Å²) in [6.45, 7) is 9.95. The smallest absolute Gasteiger partial charge is 0.407 e. The number of piperazine rings is 1. The van der Waals surface area contributed by atoms with Crippen molar-refractivity contribution in [1.29, 1.82) is 0 Å². The van der Waals surface area contributed by atoms with Crippen LogP contribution >= 0.6 is 11.8 Å². The third-order valence-electron chi connectivity index (χ3n) is 13.7. The number of carbonyl (C=O) groups is 2. The Bertz CT molecular complexity index is 2440. The SMILES string of the molecule is C=CCOC(=O)NC[C@H]1Cc2c([nH]c3ccccc23)[C@@]2(CS[C@@H]3c4c(C)c(C)c5c(c4[C@H](COC2=O)N2[C@@H]3[C@H]3c4c(cc(C)c(OC)c4O)C[C@@H]([C@@H]2O)N3C)OCO5)N1. The van der Waals surface area contributed by atoms with E-state index in [4.69, 9.17) is 23.7 Å². The van der Waals surface area contributed by atoms with Crippen LogP contribution in [0, 0.1) is 20.8 Å². The number of H-pyrrole nitrogens is 1. The number of nitrogens with one attached hydrogen (secondary N) is 3. The highest BCUT2D eigenvalue weighted by Gasteiger charge is 2.61. The number of hydrogen-bond donors (Lipinski definition) is 5. The van der Waals surface area contributed by atoms with Gasteiger partial charge in [0.25, 0.3) is 0 Å². The first-order valence-corrected chi connectivity index (χ1v) is 21.2. The van der Waals surface area contributed by atoms with Crippen LogP contribution in [0.1, 0.15) is 67.5 Å². The van der Waals surface area contributed by atoms with E-state index >= 15 is 4.79 Å². The maximum atomic E-state index is 15.2. The van der Waals surface area contributed by atoms with Crippen LogP contribution in [0.4, 0.5) is 4.79 Å². The van der Waals surface area contributed by atoms with Crippen molar-refractivity contribution >= 4 is 34.7 Å². The van der Waals surface area contributed by atoms with Gasteiger partial charge in [-0.1, -0.05) is 36.9 Å². The van der Waals surface area contributed by atoms with E-state index in [1.54, 1.807) is 18.9 Å². The third kappa shape index (κ3) is 5.47. The molecule has 2 fully saturated rings. The van der Waals surface area contributed by atoms with Crippen molar-refractivity contribution in [1.82, 2.24) is 25.4 Å². The molecule has 0 unspecified atom stereocenters. The van der Waals surface area contributed by atoms with Gasteiger partial charge in [-0.3, -0.25) is 15.1 Å². The standard InChI is InChI=1S/C44H49N5O9S/c1-7-12-55-43(53)45-16-24-15-26-25-10-8-9-11-27(25)46-40(26)44(47-24)18-59-39-30-21(3)22(4)37-38(58-19-57-37)32(30)29(17-56-42(44)52)49-34(39)33-31-23(14-28(41(49)51)48(33)5)13-20(2)36(54-6)35(31)50/h7-11,13,24,28-29,33-34,39,41,46-47,50-51H,1,12,14-19H2,2-6H3,(H,45,53)/t24-,28+,29+,33-,34-,39-,41+,44-/m1/s1. The number of alkyl carbamates (subject to hydrolysis) is 1. The quantitative estimate of drug-likeness (QED) is 0.137. The zero-order valence-corrected chi connectivity index (χ0v) is 34.5. The number of nitrogens with zero attached hydrogens (tertiary/aromatic N) is 2. The minimum Gasteiger partial charge on any atom is -0.504 e. The summed E-state index contributed by atoms with van der Waals surface area (Å²) >= 11 is 1.62. The minimum atomic E-state index is -1.37. The summed E-state index contributed by atoms with van der Waals surface area (Å²) < 4.78 is 30.0. The largest absolute Gasteiger partial charge is 0.504 e. The van der Waals surface area contributed by atoms with Crippen molar-refractivity contribution in [3.05, 3.63) is 93.2 Å². The van der Waals surface area contributed by atoms with Crippen LogP contribution in [0.15, 0.2) is 43.0 Å². The Hall–Kier alpha value is -4.93. The number of carbonyl (C=O) groups excluding carboxylic acids is 2. The van der Waals surface area contributed by atoms with Crippen LogP contribution in [-0.4, -0.2) is 108 Å². The molecule has 2 saturated heterocycles. The highest BCUT2D eigenvalue weighted by molar-refractivity contribution is 7.99. The van der Waals surface area contributed by atoms with Gasteiger partial charge >= 0.3 is 12.1 Å². The number of phenolic OH excluding ortho intramolecular Hbond substituents is 1. The molecule has 11 rings (SSSR count). The summed E-state index contributed by atoms with van der Waals surface area (Å²) in [6.07, 6.45) is 1.01. The molecule has 1 amide bonds. The number of phenols is 1. The predicted molar refractivity (Wildman–Crippen MR) is 220 cm³/mol. The fourth-order valence-corrected chi connectivity index (χ4v) is 12.8. The van der Waals surface area contributed by atoms with Crippen LogP contribution in [0.2, 0.25) is 0 Å². The molecule has 5 N–H and O–H groups in total. The molecule has 15 heteroatoms. The van der Waals surface area contributed by atoms with Gasteiger partial charge in [0.05, 0.1) is 30.9 Å². The summed E-state index contributed by atoms with van der Waals surface area (Å²) in [5.41, 5.74) is 7.73. The molecule has 0 radical (unpaired) electrons. The lowest BCUT2D eigenvalue weighted by molar-refractivity contribution is -0.186. The minimum absolute atomic E-state index is 0.0590. The van der Waals surface area contributed by atoms with E-state index in [1.165, 1.54) is 6.08 Å². The zero-order valence-electron chi connectivity index (χ0n) is 33.7. The molecule has 14 nitrogen and oxygen atoms in total. The van der Waals surface area contributed by atoms with Gasteiger partial charge in [-0.2, -0.15) is 0 Å². The average molecular weight is 824 g/mol. The molecule has 3 aromatic carbocycles. The molecule has 8 atom stereocenters. The lowest BCUT2D eigenvalue weighted by atomic mass is 9.72. The van der Waals surface area contributed by atoms with Crippen molar-refractivity contribution in [2.24, 2.45) is 0 Å². The summed E-state index contributed by atoms with van der Waals surface area (Å²) in [7, 11) is 3.60. The Morgan fingerprint density at radius 1 is 1.12 bits per heavy atom. The molecular formula is C44H49N5O9S.